The lowest BCUT2D eigenvalue weighted by Gasteiger charge is -2.23. The molecule has 4 atom stereocenters. The summed E-state index contributed by atoms with van der Waals surface area (Å²) in [5.41, 5.74) is 0.733. The Morgan fingerprint density at radius 1 is 1.12 bits per heavy atom. The van der Waals surface area contributed by atoms with Gasteiger partial charge in [-0.15, -0.1) is 0 Å². The minimum atomic E-state index is -1.21. The number of rotatable bonds is 7. The molecular formula is C20H25N5O8S. The number of carbonyl (C=O) groups is 3. The lowest BCUT2D eigenvalue weighted by molar-refractivity contribution is -0.166. The number of aliphatic imine (C=N–C) groups is 1. The number of fused-ring (bicyclic) bond motifs is 1. The largest absolute Gasteiger partial charge is 0.463 e. The second-order valence-electron chi connectivity index (χ2n) is 7.72. The van der Waals surface area contributed by atoms with Crippen LogP contribution in [-0.4, -0.2) is 82.7 Å². The molecule has 0 aromatic carbocycles. The summed E-state index contributed by atoms with van der Waals surface area (Å²) in [6.45, 7) is 4.99. The third-order valence-corrected chi connectivity index (χ3v) is 5.67. The predicted molar refractivity (Wildman–Crippen MR) is 120 cm³/mol. The minimum Gasteiger partial charge on any atom is -0.463 e. The van der Waals surface area contributed by atoms with Crippen LogP contribution in [0, 0.1) is 6.92 Å². The molecule has 0 N–H and O–H groups in total. The van der Waals surface area contributed by atoms with E-state index in [2.05, 4.69) is 15.0 Å². The van der Waals surface area contributed by atoms with E-state index in [4.69, 9.17) is 18.9 Å². The molecule has 2 aromatic heterocycles. The molecule has 3 rings (SSSR count). The van der Waals surface area contributed by atoms with Crippen LogP contribution in [0.3, 0.4) is 0 Å². The molecule has 14 heteroatoms. The molecule has 0 amide bonds. The van der Waals surface area contributed by atoms with Gasteiger partial charge in [0, 0.05) is 34.9 Å². The van der Waals surface area contributed by atoms with Crippen LogP contribution in [0.1, 0.15) is 32.7 Å². The van der Waals surface area contributed by atoms with Crippen LogP contribution in [0.4, 0.5) is 5.95 Å². The quantitative estimate of drug-likeness (QED) is 0.231. The summed E-state index contributed by atoms with van der Waals surface area (Å²) in [5.74, 6) is -1.82. The lowest BCUT2D eigenvalue weighted by Crippen LogP contribution is -2.41. The molecule has 3 heterocycles. The van der Waals surface area contributed by atoms with E-state index in [0.29, 0.717) is 10.4 Å². The summed E-state index contributed by atoms with van der Waals surface area (Å²) in [6, 6.07) is 0. The van der Waals surface area contributed by atoms with Crippen LogP contribution >= 0.6 is 11.3 Å². The van der Waals surface area contributed by atoms with Crippen LogP contribution < -0.4 is 4.87 Å². The predicted octanol–water partition coefficient (Wildman–Crippen LogP) is 0.707. The molecule has 1 aliphatic rings. The normalized spacial score (nSPS) is 22.2. The van der Waals surface area contributed by atoms with Crippen molar-refractivity contribution in [2.45, 2.75) is 52.2 Å². The number of aryl methyl sites for hydroxylation is 1. The Morgan fingerprint density at radius 3 is 2.35 bits per heavy atom. The van der Waals surface area contributed by atoms with Gasteiger partial charge in [-0.2, -0.15) is 4.98 Å². The molecule has 0 spiro atoms. The molecule has 184 valence electrons. The van der Waals surface area contributed by atoms with E-state index in [1.807, 2.05) is 0 Å². The Kier molecular flexibility index (Phi) is 7.61. The highest BCUT2D eigenvalue weighted by molar-refractivity contribution is 7.16. The van der Waals surface area contributed by atoms with Crippen LogP contribution in [-0.2, 0) is 33.3 Å². The zero-order chi connectivity index (χ0) is 25.2. The number of nitrogens with zero attached hydrogens (tertiary/aromatic N) is 5. The van der Waals surface area contributed by atoms with Gasteiger partial charge in [-0.3, -0.25) is 23.7 Å². The molecule has 1 aliphatic heterocycles. The first-order chi connectivity index (χ1) is 16.0. The number of aromatic nitrogens is 3. The zero-order valence-corrected chi connectivity index (χ0v) is 20.3. The van der Waals surface area contributed by atoms with Crippen LogP contribution in [0.2, 0.25) is 0 Å². The van der Waals surface area contributed by atoms with E-state index >= 15 is 0 Å². The van der Waals surface area contributed by atoms with Crippen molar-refractivity contribution in [2.24, 2.45) is 4.99 Å². The summed E-state index contributed by atoms with van der Waals surface area (Å²) in [7, 11) is 3.56. The van der Waals surface area contributed by atoms with Gasteiger partial charge in [0.2, 0.25) is 0 Å². The van der Waals surface area contributed by atoms with Crippen molar-refractivity contribution < 1.29 is 33.3 Å². The number of hydrogen-bond acceptors (Lipinski definition) is 12. The van der Waals surface area contributed by atoms with Gasteiger partial charge in [0.05, 0.1) is 16.7 Å². The number of hydrogen-bond donors (Lipinski definition) is 0. The average molecular weight is 496 g/mol. The molecule has 1 fully saturated rings. The summed E-state index contributed by atoms with van der Waals surface area (Å²) < 4.78 is 23.5. The van der Waals surface area contributed by atoms with E-state index in [1.54, 1.807) is 25.9 Å². The van der Waals surface area contributed by atoms with Crippen molar-refractivity contribution in [3.8, 4) is 0 Å². The fraction of sp³-hybridized carbons (Fsp3) is 0.550. The van der Waals surface area contributed by atoms with Crippen molar-refractivity contribution in [1.29, 1.82) is 0 Å². The van der Waals surface area contributed by atoms with Crippen molar-refractivity contribution >= 4 is 51.9 Å². The second-order valence-corrected chi connectivity index (χ2v) is 8.69. The van der Waals surface area contributed by atoms with Crippen LogP contribution in [0.25, 0.3) is 10.3 Å². The maximum Gasteiger partial charge on any atom is 0.311 e. The number of carbonyl (C=O) groups excluding carboxylic acids is 3. The summed E-state index contributed by atoms with van der Waals surface area (Å²) in [6.07, 6.45) is -3.05. The average Bonchev–Trinajstić information content (AvgIpc) is 3.21. The molecule has 2 aromatic rings. The van der Waals surface area contributed by atoms with E-state index in [1.165, 1.54) is 31.7 Å². The van der Waals surface area contributed by atoms with Gasteiger partial charge in [0.1, 0.15) is 12.7 Å². The molecule has 0 saturated carbocycles. The highest BCUT2D eigenvalue weighted by atomic mass is 32.1. The van der Waals surface area contributed by atoms with Crippen molar-refractivity contribution in [2.75, 3.05) is 20.7 Å². The van der Waals surface area contributed by atoms with Gasteiger partial charge in [-0.05, 0) is 6.92 Å². The summed E-state index contributed by atoms with van der Waals surface area (Å²) in [4.78, 5) is 62.2. The van der Waals surface area contributed by atoms with Gasteiger partial charge >= 0.3 is 22.8 Å². The monoisotopic (exact) mass is 495 g/mol. The van der Waals surface area contributed by atoms with Crippen LogP contribution in [0.5, 0.6) is 0 Å². The topological polar surface area (TPSA) is 152 Å². The van der Waals surface area contributed by atoms with E-state index < -0.39 is 47.3 Å². The fourth-order valence-corrected chi connectivity index (χ4v) is 4.28. The van der Waals surface area contributed by atoms with Crippen molar-refractivity contribution in [3.63, 3.8) is 0 Å². The van der Waals surface area contributed by atoms with Crippen molar-refractivity contribution in [1.82, 2.24) is 19.4 Å². The number of esters is 3. The molecule has 13 nitrogen and oxygen atoms in total. The smallest absolute Gasteiger partial charge is 0.311 e. The van der Waals surface area contributed by atoms with E-state index in [9.17, 15) is 19.2 Å². The molecule has 1 saturated heterocycles. The Morgan fingerprint density at radius 2 is 1.76 bits per heavy atom. The van der Waals surface area contributed by atoms with Gasteiger partial charge < -0.3 is 23.8 Å². The van der Waals surface area contributed by atoms with Gasteiger partial charge in [0.15, 0.2) is 24.1 Å². The maximum atomic E-state index is 13.0. The Hall–Kier alpha value is -3.39. The molecule has 0 unspecified atom stereocenters. The maximum absolute atomic E-state index is 13.0. The van der Waals surface area contributed by atoms with Gasteiger partial charge in [-0.25, -0.2) is 9.98 Å². The van der Waals surface area contributed by atoms with Crippen molar-refractivity contribution in [3.05, 3.63) is 15.4 Å². The third kappa shape index (κ3) is 5.56. The van der Waals surface area contributed by atoms with E-state index in [0.717, 1.165) is 11.3 Å². The standard InChI is InChI=1S/C20H25N5O8S/c1-9-16-17(23-19(22-9)21-8-24(5)6)25(20(29)34-16)18-15(32-12(4)28)14(31-11(3)27)13(33-18)7-30-10(2)26/h8,13-15,18H,7H2,1-6H3/b21-8+/t13-,14-,15-,18-/m1/s1. The van der Waals surface area contributed by atoms with E-state index in [-0.39, 0.29) is 18.2 Å². The Labute approximate surface area is 198 Å². The van der Waals surface area contributed by atoms with Gasteiger partial charge in [0.25, 0.3) is 5.95 Å². The van der Waals surface area contributed by atoms with Crippen LogP contribution in [0.15, 0.2) is 9.79 Å². The molecule has 0 aliphatic carbocycles. The Bertz CT molecular complexity index is 1190. The summed E-state index contributed by atoms with van der Waals surface area (Å²) in [5, 5.41) is 0. The lowest BCUT2D eigenvalue weighted by atomic mass is 10.1. The number of ether oxygens (including phenoxy) is 4. The molecular weight excluding hydrogens is 470 g/mol. The SMILES string of the molecule is CC(=O)OC[C@H]1O[C@@H](n2c(=O)sc3c(C)nc(/N=C/N(C)C)nc32)[C@H](OC(C)=O)[C@@H]1OC(C)=O. The molecule has 0 bridgehead atoms. The highest BCUT2D eigenvalue weighted by Gasteiger charge is 2.51. The summed E-state index contributed by atoms with van der Waals surface area (Å²) >= 11 is 0.887. The third-order valence-electron chi connectivity index (χ3n) is 4.62. The minimum absolute atomic E-state index is 0.111. The van der Waals surface area contributed by atoms with Gasteiger partial charge in [-0.1, -0.05) is 11.3 Å². The first-order valence-electron chi connectivity index (χ1n) is 10.2. The Balaban J connectivity index is 2.13. The highest BCUT2D eigenvalue weighted by Crippen LogP contribution is 2.36. The second kappa shape index (κ2) is 10.3. The molecule has 34 heavy (non-hydrogen) atoms. The molecule has 0 radical (unpaired) electrons. The first-order valence-corrected chi connectivity index (χ1v) is 11.0. The number of thiazole rings is 1. The first kappa shape index (κ1) is 25.2. The zero-order valence-electron chi connectivity index (χ0n) is 19.5. The fourth-order valence-electron chi connectivity index (χ4n) is 3.39.